The molecular formula is C16H16FN3O3. The molecule has 1 aliphatic rings. The molecule has 6 nitrogen and oxygen atoms in total. The number of likely N-dealkylation sites (tertiary alicyclic amines) is 1. The number of methoxy groups -OCH3 is 1. The Morgan fingerprint density at radius 1 is 1.35 bits per heavy atom. The smallest absolute Gasteiger partial charge is 0.274 e. The lowest BCUT2D eigenvalue weighted by Gasteiger charge is -2.24. The molecule has 0 bridgehead atoms. The Kier molecular flexibility index (Phi) is 4.20. The number of carbonyl (C=O) groups is 1. The van der Waals surface area contributed by atoms with Gasteiger partial charge in [-0.25, -0.2) is 4.39 Å². The van der Waals surface area contributed by atoms with Crippen molar-refractivity contribution in [1.82, 2.24) is 15.1 Å². The van der Waals surface area contributed by atoms with Gasteiger partial charge in [0.25, 0.3) is 5.91 Å². The van der Waals surface area contributed by atoms with E-state index in [2.05, 4.69) is 10.2 Å². The van der Waals surface area contributed by atoms with E-state index in [0.29, 0.717) is 17.9 Å². The van der Waals surface area contributed by atoms with Crippen molar-refractivity contribution in [3.63, 3.8) is 0 Å². The number of nitrogens with zero attached hydrogens (tertiary/aromatic N) is 3. The maximum absolute atomic E-state index is 13.5. The van der Waals surface area contributed by atoms with Crippen molar-refractivity contribution in [3.8, 4) is 5.88 Å². The van der Waals surface area contributed by atoms with Gasteiger partial charge in [0.1, 0.15) is 5.82 Å². The monoisotopic (exact) mass is 317 g/mol. The molecule has 1 saturated heterocycles. The predicted molar refractivity (Wildman–Crippen MR) is 79.4 cm³/mol. The minimum Gasteiger partial charge on any atom is -0.480 e. The molecule has 0 radical (unpaired) electrons. The molecule has 0 saturated carbocycles. The van der Waals surface area contributed by atoms with Crippen molar-refractivity contribution >= 4 is 5.91 Å². The lowest BCUT2D eigenvalue weighted by Crippen LogP contribution is -2.32. The second-order valence-electron chi connectivity index (χ2n) is 5.38. The van der Waals surface area contributed by atoms with Gasteiger partial charge >= 0.3 is 0 Å². The van der Waals surface area contributed by atoms with Gasteiger partial charge in [0.15, 0.2) is 5.69 Å². The molecule has 2 heterocycles. The first kappa shape index (κ1) is 15.4. The summed E-state index contributed by atoms with van der Waals surface area (Å²) in [6.07, 6.45) is -0.294. The normalized spacial score (nSPS) is 20.6. The first-order valence-corrected chi connectivity index (χ1v) is 7.20. The summed E-state index contributed by atoms with van der Waals surface area (Å²) in [7, 11) is 1.46. The quantitative estimate of drug-likeness (QED) is 0.930. The SMILES string of the molecule is COc1ccc(C(=O)N2CC(O)CC2c2cccc(F)c2)nn1. The van der Waals surface area contributed by atoms with E-state index >= 15 is 0 Å². The number of aliphatic hydroxyl groups is 1. The highest BCUT2D eigenvalue weighted by molar-refractivity contribution is 5.92. The number of rotatable bonds is 3. The van der Waals surface area contributed by atoms with Crippen LogP contribution in [-0.2, 0) is 0 Å². The number of benzene rings is 1. The van der Waals surface area contributed by atoms with Crippen LogP contribution in [0.15, 0.2) is 36.4 Å². The summed E-state index contributed by atoms with van der Waals surface area (Å²) in [5.41, 5.74) is 0.803. The van der Waals surface area contributed by atoms with Crippen molar-refractivity contribution in [1.29, 1.82) is 0 Å². The number of carbonyl (C=O) groups excluding carboxylic acids is 1. The maximum atomic E-state index is 13.5. The predicted octanol–water partition coefficient (Wildman–Crippen LogP) is 1.57. The molecule has 3 rings (SSSR count). The molecule has 0 spiro atoms. The molecule has 1 amide bonds. The fourth-order valence-corrected chi connectivity index (χ4v) is 2.76. The molecule has 1 fully saturated rings. The zero-order valence-corrected chi connectivity index (χ0v) is 12.5. The van der Waals surface area contributed by atoms with E-state index in [9.17, 15) is 14.3 Å². The van der Waals surface area contributed by atoms with Gasteiger partial charge in [-0.15, -0.1) is 10.2 Å². The number of hydrogen-bond donors (Lipinski definition) is 1. The highest BCUT2D eigenvalue weighted by Gasteiger charge is 2.36. The van der Waals surface area contributed by atoms with Crippen molar-refractivity contribution in [2.24, 2.45) is 0 Å². The molecular weight excluding hydrogens is 301 g/mol. The Morgan fingerprint density at radius 2 is 2.17 bits per heavy atom. The topological polar surface area (TPSA) is 75.5 Å². The van der Waals surface area contributed by atoms with Crippen LogP contribution < -0.4 is 4.74 Å². The van der Waals surface area contributed by atoms with Crippen LogP contribution in [0.2, 0.25) is 0 Å². The molecule has 120 valence electrons. The highest BCUT2D eigenvalue weighted by Crippen LogP contribution is 2.33. The third-order valence-corrected chi connectivity index (χ3v) is 3.84. The Labute approximate surface area is 132 Å². The number of halogens is 1. The highest BCUT2D eigenvalue weighted by atomic mass is 19.1. The Bertz CT molecular complexity index is 708. The van der Waals surface area contributed by atoms with Crippen LogP contribution in [0.3, 0.4) is 0 Å². The summed E-state index contributed by atoms with van der Waals surface area (Å²) < 4.78 is 18.4. The van der Waals surface area contributed by atoms with Crippen LogP contribution in [0.4, 0.5) is 4.39 Å². The van der Waals surface area contributed by atoms with Gasteiger partial charge in [0.05, 0.1) is 19.3 Å². The van der Waals surface area contributed by atoms with Crippen LogP contribution in [0.5, 0.6) is 5.88 Å². The third-order valence-electron chi connectivity index (χ3n) is 3.84. The largest absolute Gasteiger partial charge is 0.480 e. The minimum atomic E-state index is -0.654. The molecule has 23 heavy (non-hydrogen) atoms. The van der Waals surface area contributed by atoms with Gasteiger partial charge < -0.3 is 14.7 Å². The van der Waals surface area contributed by atoms with Gasteiger partial charge in [-0.1, -0.05) is 12.1 Å². The Morgan fingerprint density at radius 3 is 2.83 bits per heavy atom. The minimum absolute atomic E-state index is 0.154. The van der Waals surface area contributed by atoms with E-state index < -0.39 is 12.1 Å². The van der Waals surface area contributed by atoms with Gasteiger partial charge in [-0.2, -0.15) is 0 Å². The average molecular weight is 317 g/mol. The summed E-state index contributed by atoms with van der Waals surface area (Å²) in [4.78, 5) is 14.1. The molecule has 2 atom stereocenters. The zero-order valence-electron chi connectivity index (χ0n) is 12.5. The molecule has 2 aromatic rings. The number of β-amino-alcohol motifs (C(OH)–C–C–N with tert-alkyl or cyclic N) is 1. The average Bonchev–Trinajstić information content (AvgIpc) is 2.96. The van der Waals surface area contributed by atoms with E-state index in [0.717, 1.165) is 0 Å². The summed E-state index contributed by atoms with van der Waals surface area (Å²) in [6, 6.07) is 8.72. The van der Waals surface area contributed by atoms with Crippen LogP contribution in [0.1, 0.15) is 28.5 Å². The molecule has 1 aliphatic heterocycles. The zero-order chi connectivity index (χ0) is 16.4. The van der Waals surface area contributed by atoms with E-state index in [-0.39, 0.29) is 24.0 Å². The fraction of sp³-hybridized carbons (Fsp3) is 0.312. The first-order chi connectivity index (χ1) is 11.1. The first-order valence-electron chi connectivity index (χ1n) is 7.20. The molecule has 1 N–H and O–H groups in total. The van der Waals surface area contributed by atoms with E-state index in [4.69, 9.17) is 4.74 Å². The second-order valence-corrected chi connectivity index (χ2v) is 5.38. The van der Waals surface area contributed by atoms with Gasteiger partial charge in [-0.3, -0.25) is 4.79 Å². The number of ether oxygens (including phenoxy) is 1. The summed E-state index contributed by atoms with van der Waals surface area (Å²) >= 11 is 0. The van der Waals surface area contributed by atoms with Gasteiger partial charge in [0, 0.05) is 12.6 Å². The van der Waals surface area contributed by atoms with Crippen molar-refractivity contribution in [2.45, 2.75) is 18.6 Å². The second kappa shape index (κ2) is 6.29. The molecule has 1 aromatic heterocycles. The summed E-state index contributed by atoms with van der Waals surface area (Å²) in [5.74, 6) is -0.420. The molecule has 2 unspecified atom stereocenters. The van der Waals surface area contributed by atoms with Crippen LogP contribution in [0, 0.1) is 5.82 Å². The number of amides is 1. The lowest BCUT2D eigenvalue weighted by molar-refractivity contribution is 0.0708. The van der Waals surface area contributed by atoms with Crippen molar-refractivity contribution in [2.75, 3.05) is 13.7 Å². The van der Waals surface area contributed by atoms with E-state index in [1.807, 2.05) is 0 Å². The molecule has 1 aromatic carbocycles. The van der Waals surface area contributed by atoms with Gasteiger partial charge in [0.2, 0.25) is 5.88 Å². The van der Waals surface area contributed by atoms with Crippen molar-refractivity contribution < 1.29 is 19.0 Å². The number of aliphatic hydroxyl groups excluding tert-OH is 1. The summed E-state index contributed by atoms with van der Waals surface area (Å²) in [5, 5.41) is 17.6. The molecule has 7 heteroatoms. The van der Waals surface area contributed by atoms with E-state index in [1.54, 1.807) is 18.2 Å². The summed E-state index contributed by atoms with van der Waals surface area (Å²) in [6.45, 7) is 0.174. The third kappa shape index (κ3) is 3.14. The lowest BCUT2D eigenvalue weighted by atomic mass is 10.0. The standard InChI is InChI=1S/C16H16FN3O3/c1-23-15-6-5-13(18-19-15)16(22)20-9-12(21)8-14(20)10-3-2-4-11(17)7-10/h2-7,12,14,21H,8-9H2,1H3. The number of aromatic nitrogens is 2. The molecule has 0 aliphatic carbocycles. The van der Waals surface area contributed by atoms with E-state index in [1.165, 1.54) is 30.2 Å². The number of hydrogen-bond acceptors (Lipinski definition) is 5. The maximum Gasteiger partial charge on any atom is 0.274 e. The fourth-order valence-electron chi connectivity index (χ4n) is 2.76. The van der Waals surface area contributed by atoms with Crippen LogP contribution >= 0.6 is 0 Å². The van der Waals surface area contributed by atoms with Crippen molar-refractivity contribution in [3.05, 3.63) is 53.5 Å². The Hall–Kier alpha value is -2.54. The van der Waals surface area contributed by atoms with Gasteiger partial charge in [-0.05, 0) is 30.2 Å². The van der Waals surface area contributed by atoms with Crippen LogP contribution in [-0.4, -0.2) is 45.9 Å². The Balaban J connectivity index is 1.87. The van der Waals surface area contributed by atoms with Crippen LogP contribution in [0.25, 0.3) is 0 Å².